The minimum Gasteiger partial charge on any atom is -0.485 e. The largest absolute Gasteiger partial charge is 0.485 e. The van der Waals surface area contributed by atoms with E-state index >= 15 is 0 Å². The number of nitrogens with two attached hydrogens (primary N) is 1. The van der Waals surface area contributed by atoms with E-state index in [0.717, 1.165) is 6.42 Å². The first-order chi connectivity index (χ1) is 10.2. The van der Waals surface area contributed by atoms with Crippen molar-refractivity contribution in [2.45, 2.75) is 31.9 Å². The molecule has 0 aromatic heterocycles. The van der Waals surface area contributed by atoms with Gasteiger partial charge in [-0.05, 0) is 18.6 Å². The molecule has 0 fully saturated rings. The third kappa shape index (κ3) is 3.56. The monoisotopic (exact) mass is 293 g/mol. The van der Waals surface area contributed by atoms with Crippen molar-refractivity contribution in [2.24, 2.45) is 10.9 Å². The highest BCUT2D eigenvalue weighted by Gasteiger charge is 2.29. The molecule has 1 amide bonds. The summed E-state index contributed by atoms with van der Waals surface area (Å²) in [6.07, 6.45) is 0.600. The van der Waals surface area contributed by atoms with Crippen LogP contribution < -0.4 is 20.5 Å². The highest BCUT2D eigenvalue weighted by molar-refractivity contribution is 5.91. The van der Waals surface area contributed by atoms with E-state index in [2.05, 4.69) is 10.5 Å². The molecule has 2 rings (SSSR count). The third-order valence-electron chi connectivity index (χ3n) is 3.17. The number of carbonyl (C=O) groups excluding carboxylic acids is 1. The summed E-state index contributed by atoms with van der Waals surface area (Å²) in [6, 6.07) is 6.63. The van der Waals surface area contributed by atoms with Crippen LogP contribution in [0.4, 0.5) is 0 Å². The highest BCUT2D eigenvalue weighted by Crippen LogP contribution is 2.30. The number of amides is 1. The van der Waals surface area contributed by atoms with E-state index in [0.29, 0.717) is 17.9 Å². The normalized spacial score (nSPS) is 18.9. The van der Waals surface area contributed by atoms with Gasteiger partial charge < -0.3 is 25.7 Å². The van der Waals surface area contributed by atoms with Crippen LogP contribution in [0.3, 0.4) is 0 Å². The topological polar surface area (TPSA) is 106 Å². The van der Waals surface area contributed by atoms with Crippen LogP contribution >= 0.6 is 0 Å². The van der Waals surface area contributed by atoms with Crippen LogP contribution in [-0.4, -0.2) is 35.7 Å². The second-order valence-electron chi connectivity index (χ2n) is 4.74. The second-order valence-corrected chi connectivity index (χ2v) is 4.74. The number of benzene rings is 1. The van der Waals surface area contributed by atoms with E-state index in [4.69, 9.17) is 20.4 Å². The fourth-order valence-electron chi connectivity index (χ4n) is 2.07. The predicted octanol–water partition coefficient (Wildman–Crippen LogP) is 0.858. The number of rotatable bonds is 5. The average molecular weight is 293 g/mol. The smallest absolute Gasteiger partial charge is 0.265 e. The van der Waals surface area contributed by atoms with Gasteiger partial charge in [-0.15, -0.1) is 0 Å². The number of para-hydroxylation sites is 2. The molecule has 1 heterocycles. The van der Waals surface area contributed by atoms with Crippen LogP contribution in [0.25, 0.3) is 0 Å². The number of nitrogens with one attached hydrogen (secondary N) is 1. The maximum absolute atomic E-state index is 12.2. The molecule has 114 valence electrons. The first-order valence-electron chi connectivity index (χ1n) is 6.82. The molecule has 0 radical (unpaired) electrons. The van der Waals surface area contributed by atoms with Crippen LogP contribution in [0.15, 0.2) is 29.4 Å². The number of ether oxygens (including phenoxy) is 2. The summed E-state index contributed by atoms with van der Waals surface area (Å²) in [5, 5.41) is 14.4. The zero-order chi connectivity index (χ0) is 15.2. The maximum atomic E-state index is 12.2. The van der Waals surface area contributed by atoms with Gasteiger partial charge in [-0.25, -0.2) is 0 Å². The Morgan fingerprint density at radius 1 is 1.52 bits per heavy atom. The lowest BCUT2D eigenvalue weighted by atomic mass is 10.1. The van der Waals surface area contributed by atoms with Gasteiger partial charge in [-0.3, -0.25) is 4.79 Å². The fraction of sp³-hybridized carbons (Fsp3) is 0.429. The summed E-state index contributed by atoms with van der Waals surface area (Å²) in [6.45, 7) is 2.07. The van der Waals surface area contributed by atoms with Gasteiger partial charge in [0.05, 0.1) is 6.04 Å². The molecular formula is C14H19N3O4. The Balaban J connectivity index is 2.01. The molecule has 1 aromatic rings. The van der Waals surface area contributed by atoms with Gasteiger partial charge in [0.15, 0.2) is 17.3 Å². The molecule has 0 aliphatic carbocycles. The summed E-state index contributed by atoms with van der Waals surface area (Å²) >= 11 is 0. The van der Waals surface area contributed by atoms with Gasteiger partial charge in [0.1, 0.15) is 6.61 Å². The van der Waals surface area contributed by atoms with Gasteiger partial charge in [-0.2, -0.15) is 0 Å². The van der Waals surface area contributed by atoms with Gasteiger partial charge >= 0.3 is 0 Å². The van der Waals surface area contributed by atoms with E-state index < -0.39 is 12.1 Å². The number of fused-ring (bicyclic) bond motifs is 1. The molecule has 2 unspecified atom stereocenters. The van der Waals surface area contributed by atoms with E-state index in [-0.39, 0.29) is 18.3 Å². The maximum Gasteiger partial charge on any atom is 0.265 e. The van der Waals surface area contributed by atoms with Crippen LogP contribution in [-0.2, 0) is 4.79 Å². The molecule has 0 bridgehead atoms. The molecule has 0 saturated carbocycles. The van der Waals surface area contributed by atoms with Crippen molar-refractivity contribution >= 4 is 11.7 Å². The van der Waals surface area contributed by atoms with Crippen molar-refractivity contribution in [3.8, 4) is 11.5 Å². The minimum absolute atomic E-state index is 0.0256. The summed E-state index contributed by atoms with van der Waals surface area (Å²) in [4.78, 5) is 12.2. The summed E-state index contributed by atoms with van der Waals surface area (Å²) in [7, 11) is 0. The molecule has 7 nitrogen and oxygen atoms in total. The average Bonchev–Trinajstić information content (AvgIpc) is 2.53. The number of hydrogen-bond acceptors (Lipinski definition) is 5. The fourth-order valence-corrected chi connectivity index (χ4v) is 2.07. The number of hydrogen-bond donors (Lipinski definition) is 3. The molecule has 0 saturated heterocycles. The zero-order valence-corrected chi connectivity index (χ0v) is 11.8. The van der Waals surface area contributed by atoms with E-state index in [1.165, 1.54) is 0 Å². The third-order valence-corrected chi connectivity index (χ3v) is 3.17. The van der Waals surface area contributed by atoms with Crippen LogP contribution in [0.1, 0.15) is 19.8 Å². The molecule has 1 aromatic carbocycles. The molecular weight excluding hydrogens is 274 g/mol. The van der Waals surface area contributed by atoms with Gasteiger partial charge in [0.25, 0.3) is 5.91 Å². The Hall–Kier alpha value is -2.44. The van der Waals surface area contributed by atoms with Gasteiger partial charge in [-0.1, -0.05) is 30.6 Å². The molecule has 21 heavy (non-hydrogen) atoms. The molecule has 2 atom stereocenters. The minimum atomic E-state index is -0.759. The molecule has 4 N–H and O–H groups in total. The van der Waals surface area contributed by atoms with Gasteiger partial charge in [0, 0.05) is 0 Å². The zero-order valence-electron chi connectivity index (χ0n) is 11.8. The Labute approximate surface area is 122 Å². The van der Waals surface area contributed by atoms with Crippen molar-refractivity contribution in [2.75, 3.05) is 6.61 Å². The van der Waals surface area contributed by atoms with Crippen LogP contribution in [0, 0.1) is 0 Å². The Kier molecular flexibility index (Phi) is 4.86. The Bertz CT molecular complexity index is 533. The molecule has 1 aliphatic rings. The number of carbonyl (C=O) groups is 1. The number of oxime groups is 1. The Morgan fingerprint density at radius 2 is 2.24 bits per heavy atom. The number of amidine groups is 1. The van der Waals surface area contributed by atoms with Gasteiger partial charge in [0.2, 0.25) is 6.10 Å². The molecule has 1 aliphatic heterocycles. The lowest BCUT2D eigenvalue weighted by Gasteiger charge is -2.27. The lowest BCUT2D eigenvalue weighted by Crippen LogP contribution is -2.51. The van der Waals surface area contributed by atoms with E-state index in [1.54, 1.807) is 18.2 Å². The van der Waals surface area contributed by atoms with Crippen molar-refractivity contribution in [3.05, 3.63) is 24.3 Å². The van der Waals surface area contributed by atoms with Crippen molar-refractivity contribution in [1.82, 2.24) is 5.32 Å². The lowest BCUT2D eigenvalue weighted by molar-refractivity contribution is -0.130. The van der Waals surface area contributed by atoms with E-state index in [9.17, 15) is 4.79 Å². The quantitative estimate of drug-likeness (QED) is 0.323. The summed E-state index contributed by atoms with van der Waals surface area (Å²) in [5.41, 5.74) is 5.57. The SMILES string of the molecule is CCCC(NC(=O)C1COc2ccccc2O1)/C(N)=N/O. The summed E-state index contributed by atoms with van der Waals surface area (Å²) < 4.78 is 11.1. The first-order valence-corrected chi connectivity index (χ1v) is 6.82. The molecule has 7 heteroatoms. The molecule has 0 spiro atoms. The van der Waals surface area contributed by atoms with Crippen molar-refractivity contribution < 1.29 is 19.5 Å². The second kappa shape index (κ2) is 6.83. The summed E-state index contributed by atoms with van der Waals surface area (Å²) in [5.74, 6) is 0.764. The van der Waals surface area contributed by atoms with Crippen molar-refractivity contribution in [3.63, 3.8) is 0 Å². The van der Waals surface area contributed by atoms with Crippen LogP contribution in [0.2, 0.25) is 0 Å². The Morgan fingerprint density at radius 3 is 2.90 bits per heavy atom. The highest BCUT2D eigenvalue weighted by atomic mass is 16.6. The van der Waals surface area contributed by atoms with Crippen molar-refractivity contribution in [1.29, 1.82) is 0 Å². The van der Waals surface area contributed by atoms with Crippen LogP contribution in [0.5, 0.6) is 11.5 Å². The standard InChI is InChI=1S/C14H19N3O4/c1-2-5-9(13(15)17-19)16-14(18)12-8-20-10-6-3-4-7-11(10)21-12/h3-4,6-7,9,12,19H,2,5,8H2,1H3,(H2,15,17)(H,16,18). The van der Waals surface area contributed by atoms with E-state index in [1.807, 2.05) is 13.0 Å². The first kappa shape index (κ1) is 15.0. The number of nitrogens with zero attached hydrogens (tertiary/aromatic N) is 1. The predicted molar refractivity (Wildman–Crippen MR) is 76.6 cm³/mol.